The largest absolute Gasteiger partial charge is 0.379 e. The fraction of sp³-hybridized carbons (Fsp3) is 0.438. The Balaban J connectivity index is 1.66. The van der Waals surface area contributed by atoms with E-state index in [9.17, 15) is 4.79 Å². The molecule has 0 aromatic heterocycles. The van der Waals surface area contributed by atoms with Gasteiger partial charge in [-0.05, 0) is 11.6 Å². The quantitative estimate of drug-likeness (QED) is 0.811. The molecule has 1 aromatic carbocycles. The molecule has 1 fully saturated rings. The lowest BCUT2D eigenvalue weighted by atomic mass is 10.1. The van der Waals surface area contributed by atoms with Crippen LogP contribution in [0.25, 0.3) is 0 Å². The molecule has 2 N–H and O–H groups in total. The maximum Gasteiger partial charge on any atom is 0.245 e. The van der Waals surface area contributed by atoms with Crippen LogP contribution in [0.5, 0.6) is 0 Å². The maximum absolute atomic E-state index is 12.2. The molecule has 0 spiro atoms. The monoisotopic (exact) mass is 287 g/mol. The molecule has 0 bridgehead atoms. The number of anilines is 1. The van der Waals surface area contributed by atoms with Crippen LogP contribution in [-0.2, 0) is 16.1 Å². The number of morpholine rings is 1. The number of amides is 1. The third-order valence-corrected chi connectivity index (χ3v) is 3.84. The first-order valence-electron chi connectivity index (χ1n) is 7.42. The van der Waals surface area contributed by atoms with Gasteiger partial charge in [0.25, 0.3) is 0 Å². The van der Waals surface area contributed by atoms with Crippen molar-refractivity contribution in [1.29, 1.82) is 0 Å². The Morgan fingerprint density at radius 3 is 2.90 bits per heavy atom. The van der Waals surface area contributed by atoms with Crippen LogP contribution >= 0.6 is 0 Å². The predicted molar refractivity (Wildman–Crippen MR) is 82.1 cm³/mol. The van der Waals surface area contributed by atoms with E-state index in [1.54, 1.807) is 0 Å². The van der Waals surface area contributed by atoms with Crippen molar-refractivity contribution in [2.24, 2.45) is 0 Å². The van der Waals surface area contributed by atoms with E-state index in [0.29, 0.717) is 0 Å². The summed E-state index contributed by atoms with van der Waals surface area (Å²) in [5.41, 5.74) is 2.05. The number of carbonyl (C=O) groups excluding carboxylic acids is 1. The van der Waals surface area contributed by atoms with E-state index in [0.717, 1.165) is 50.6 Å². The third kappa shape index (κ3) is 3.69. The topological polar surface area (TPSA) is 53.6 Å². The number of para-hydroxylation sites is 1. The lowest BCUT2D eigenvalue weighted by molar-refractivity contribution is -0.116. The molecule has 1 saturated heterocycles. The van der Waals surface area contributed by atoms with E-state index in [4.69, 9.17) is 4.74 Å². The molecule has 5 heteroatoms. The van der Waals surface area contributed by atoms with Crippen LogP contribution in [0.1, 0.15) is 5.56 Å². The Morgan fingerprint density at radius 1 is 1.33 bits per heavy atom. The van der Waals surface area contributed by atoms with Gasteiger partial charge in [-0.3, -0.25) is 15.0 Å². The van der Waals surface area contributed by atoms with E-state index < -0.39 is 0 Å². The van der Waals surface area contributed by atoms with E-state index in [1.165, 1.54) is 0 Å². The average Bonchev–Trinajstić information content (AvgIpc) is 3.05. The highest BCUT2D eigenvalue weighted by atomic mass is 16.5. The number of rotatable bonds is 4. The smallest absolute Gasteiger partial charge is 0.245 e. The summed E-state index contributed by atoms with van der Waals surface area (Å²) in [7, 11) is 0. The molecule has 2 aliphatic rings. The minimum atomic E-state index is -0.221. The first kappa shape index (κ1) is 14.3. The number of nitrogens with zero attached hydrogens (tertiary/aromatic N) is 1. The van der Waals surface area contributed by atoms with Gasteiger partial charge in [0.1, 0.15) is 6.04 Å². The van der Waals surface area contributed by atoms with Gasteiger partial charge in [-0.2, -0.15) is 0 Å². The zero-order valence-corrected chi connectivity index (χ0v) is 12.0. The van der Waals surface area contributed by atoms with Crippen molar-refractivity contribution in [1.82, 2.24) is 10.2 Å². The lowest BCUT2D eigenvalue weighted by Gasteiger charge is -2.27. The Bertz CT molecular complexity index is 524. The van der Waals surface area contributed by atoms with Gasteiger partial charge >= 0.3 is 0 Å². The SMILES string of the molecule is O=C(Nc1ccccc1CN1CCOCC1)C1C=CCN1. The van der Waals surface area contributed by atoms with Gasteiger partial charge in [0.2, 0.25) is 5.91 Å². The molecule has 2 aliphatic heterocycles. The number of hydrogen-bond acceptors (Lipinski definition) is 4. The van der Waals surface area contributed by atoms with E-state index in [-0.39, 0.29) is 11.9 Å². The van der Waals surface area contributed by atoms with E-state index >= 15 is 0 Å². The van der Waals surface area contributed by atoms with Crippen molar-refractivity contribution in [3.8, 4) is 0 Å². The Hall–Kier alpha value is -1.69. The van der Waals surface area contributed by atoms with Gasteiger partial charge in [0, 0.05) is 31.9 Å². The van der Waals surface area contributed by atoms with Crippen molar-refractivity contribution in [3.05, 3.63) is 42.0 Å². The summed E-state index contributed by atoms with van der Waals surface area (Å²) in [5.74, 6) is -0.00169. The summed E-state index contributed by atoms with van der Waals surface area (Å²) < 4.78 is 5.37. The highest BCUT2D eigenvalue weighted by Crippen LogP contribution is 2.18. The zero-order chi connectivity index (χ0) is 14.5. The molecule has 21 heavy (non-hydrogen) atoms. The van der Waals surface area contributed by atoms with Gasteiger partial charge in [0.15, 0.2) is 0 Å². The second-order valence-corrected chi connectivity index (χ2v) is 5.35. The predicted octanol–water partition coefficient (Wildman–Crippen LogP) is 0.985. The number of nitrogens with one attached hydrogen (secondary N) is 2. The van der Waals surface area contributed by atoms with Crippen LogP contribution in [0.15, 0.2) is 36.4 Å². The Labute approximate surface area is 125 Å². The molecule has 0 aliphatic carbocycles. The molecule has 112 valence electrons. The molecule has 1 atom stereocenters. The molecular formula is C16H21N3O2. The molecule has 0 radical (unpaired) electrons. The third-order valence-electron chi connectivity index (χ3n) is 3.84. The minimum absolute atomic E-state index is 0.00169. The van der Waals surface area contributed by atoms with Crippen molar-refractivity contribution in [3.63, 3.8) is 0 Å². The first-order valence-corrected chi connectivity index (χ1v) is 7.42. The van der Waals surface area contributed by atoms with Crippen molar-refractivity contribution >= 4 is 11.6 Å². The van der Waals surface area contributed by atoms with Gasteiger partial charge in [-0.25, -0.2) is 0 Å². The van der Waals surface area contributed by atoms with Gasteiger partial charge in [0.05, 0.1) is 13.2 Å². The summed E-state index contributed by atoms with van der Waals surface area (Å²) in [5, 5.41) is 6.16. The number of benzene rings is 1. The fourth-order valence-electron chi connectivity index (χ4n) is 2.64. The molecule has 1 unspecified atom stereocenters. The van der Waals surface area contributed by atoms with Crippen molar-refractivity contribution in [2.45, 2.75) is 12.6 Å². The van der Waals surface area contributed by atoms with Crippen LogP contribution < -0.4 is 10.6 Å². The molecule has 1 aromatic rings. The molecular weight excluding hydrogens is 266 g/mol. The lowest BCUT2D eigenvalue weighted by Crippen LogP contribution is -2.37. The zero-order valence-electron chi connectivity index (χ0n) is 12.0. The summed E-state index contributed by atoms with van der Waals surface area (Å²) in [6.07, 6.45) is 3.88. The van der Waals surface area contributed by atoms with Crippen molar-refractivity contribution < 1.29 is 9.53 Å². The summed E-state index contributed by atoms with van der Waals surface area (Å²) in [6.45, 7) is 5.04. The van der Waals surface area contributed by atoms with Gasteiger partial charge < -0.3 is 10.1 Å². The Kier molecular flexibility index (Phi) is 4.65. The fourth-order valence-corrected chi connectivity index (χ4v) is 2.64. The van der Waals surface area contributed by atoms with Crippen LogP contribution in [-0.4, -0.2) is 49.7 Å². The highest BCUT2D eigenvalue weighted by Gasteiger charge is 2.19. The van der Waals surface area contributed by atoms with Crippen LogP contribution in [0.3, 0.4) is 0 Å². The van der Waals surface area contributed by atoms with Crippen LogP contribution in [0.2, 0.25) is 0 Å². The normalized spacial score (nSPS) is 22.4. The molecule has 5 nitrogen and oxygen atoms in total. The summed E-state index contributed by atoms with van der Waals surface area (Å²) >= 11 is 0. The van der Waals surface area contributed by atoms with E-state index in [2.05, 4.69) is 21.6 Å². The van der Waals surface area contributed by atoms with Crippen LogP contribution in [0.4, 0.5) is 5.69 Å². The summed E-state index contributed by atoms with van der Waals surface area (Å²) in [4.78, 5) is 14.6. The summed E-state index contributed by atoms with van der Waals surface area (Å²) in [6, 6.07) is 7.78. The molecule has 0 saturated carbocycles. The van der Waals surface area contributed by atoms with Crippen LogP contribution in [0, 0.1) is 0 Å². The van der Waals surface area contributed by atoms with Gasteiger partial charge in [-0.15, -0.1) is 0 Å². The van der Waals surface area contributed by atoms with Crippen molar-refractivity contribution in [2.75, 3.05) is 38.2 Å². The second-order valence-electron chi connectivity index (χ2n) is 5.35. The van der Waals surface area contributed by atoms with Gasteiger partial charge in [-0.1, -0.05) is 30.4 Å². The Morgan fingerprint density at radius 2 is 2.14 bits per heavy atom. The second kappa shape index (κ2) is 6.85. The first-order chi connectivity index (χ1) is 10.3. The maximum atomic E-state index is 12.2. The minimum Gasteiger partial charge on any atom is -0.379 e. The highest BCUT2D eigenvalue weighted by molar-refractivity contribution is 5.97. The average molecular weight is 287 g/mol. The number of ether oxygens (including phenoxy) is 1. The molecule has 3 rings (SSSR count). The standard InChI is InChI=1S/C16H21N3O2/c20-16(15-6-3-7-17-15)18-14-5-2-1-4-13(14)12-19-8-10-21-11-9-19/h1-6,15,17H,7-12H2,(H,18,20). The molecule has 2 heterocycles. The number of carbonyl (C=O) groups is 1. The van der Waals surface area contributed by atoms with E-state index in [1.807, 2.05) is 30.4 Å². The molecule has 1 amide bonds. The number of hydrogen-bond donors (Lipinski definition) is 2.